The summed E-state index contributed by atoms with van der Waals surface area (Å²) in [6.45, 7) is 6.30. The molecule has 2 aliphatic carbocycles. The molecule has 0 atom stereocenters. The van der Waals surface area contributed by atoms with E-state index < -0.39 is 0 Å². The van der Waals surface area contributed by atoms with E-state index in [4.69, 9.17) is 11.6 Å². The molecule has 7 nitrogen and oxygen atoms in total. The quantitative estimate of drug-likeness (QED) is 0.340. The van der Waals surface area contributed by atoms with Gasteiger partial charge in [-0.1, -0.05) is 17.7 Å². The molecule has 3 aromatic rings. The molecule has 0 unspecified atom stereocenters. The zero-order chi connectivity index (χ0) is 22.9. The van der Waals surface area contributed by atoms with E-state index in [-0.39, 0.29) is 0 Å². The molecule has 0 aliphatic heterocycles. The standard InChI is InChI=1S/C25H32ClN7/c1-14-11-22(15(2)10-20(14)17-4-6-18(7-5-17)28-19-8-9-19)29-25-27-13-21(26)24(31-25)30-23-12-16(3)32-33-23/h10-13,17-19,28H,4-9H2,1-3H3,(H3,27,29,30,31,32,33)/t17-,18+. The minimum Gasteiger partial charge on any atom is -0.324 e. The topological polar surface area (TPSA) is 90.6 Å². The molecular formula is C25H32ClN7. The van der Waals surface area contributed by atoms with Crippen LogP contribution in [0.2, 0.25) is 5.02 Å². The van der Waals surface area contributed by atoms with Gasteiger partial charge < -0.3 is 16.0 Å². The second kappa shape index (κ2) is 9.31. The van der Waals surface area contributed by atoms with Crippen LogP contribution in [0.3, 0.4) is 0 Å². The van der Waals surface area contributed by atoms with E-state index in [0.717, 1.165) is 17.4 Å². The van der Waals surface area contributed by atoms with Crippen LogP contribution in [0.1, 0.15) is 66.8 Å². The van der Waals surface area contributed by atoms with E-state index in [1.807, 2.05) is 13.0 Å². The van der Waals surface area contributed by atoms with Crippen molar-refractivity contribution in [2.24, 2.45) is 0 Å². The largest absolute Gasteiger partial charge is 0.324 e. The molecule has 0 radical (unpaired) electrons. The Balaban J connectivity index is 1.28. The van der Waals surface area contributed by atoms with Gasteiger partial charge in [-0.2, -0.15) is 10.1 Å². The van der Waals surface area contributed by atoms with Gasteiger partial charge in [0.1, 0.15) is 5.02 Å². The van der Waals surface area contributed by atoms with Crippen LogP contribution in [0, 0.1) is 20.8 Å². The first-order valence-electron chi connectivity index (χ1n) is 11.9. The predicted molar refractivity (Wildman–Crippen MR) is 134 cm³/mol. The Morgan fingerprint density at radius 3 is 2.30 bits per heavy atom. The van der Waals surface area contributed by atoms with Gasteiger partial charge in [0, 0.05) is 29.5 Å². The highest BCUT2D eigenvalue weighted by atomic mass is 35.5. The third kappa shape index (κ3) is 5.31. The normalized spacial score (nSPS) is 20.6. The Morgan fingerprint density at radius 2 is 1.64 bits per heavy atom. The molecule has 4 N–H and O–H groups in total. The van der Waals surface area contributed by atoms with Crippen molar-refractivity contribution in [1.82, 2.24) is 25.5 Å². The van der Waals surface area contributed by atoms with Crippen LogP contribution in [0.4, 0.5) is 23.3 Å². The van der Waals surface area contributed by atoms with E-state index in [0.29, 0.717) is 34.6 Å². The smallest absolute Gasteiger partial charge is 0.229 e. The summed E-state index contributed by atoms with van der Waals surface area (Å²) in [5, 5.41) is 17.9. The molecule has 33 heavy (non-hydrogen) atoms. The molecule has 0 amide bonds. The molecule has 174 valence electrons. The van der Waals surface area contributed by atoms with Gasteiger partial charge in [-0.3, -0.25) is 5.10 Å². The first-order chi connectivity index (χ1) is 15.9. The maximum atomic E-state index is 6.30. The molecule has 5 rings (SSSR count). The molecule has 0 spiro atoms. The zero-order valence-corrected chi connectivity index (χ0v) is 20.3. The molecule has 1 aromatic carbocycles. The number of aromatic amines is 1. The van der Waals surface area contributed by atoms with Crippen molar-refractivity contribution in [2.75, 3.05) is 10.6 Å². The Morgan fingerprint density at radius 1 is 0.909 bits per heavy atom. The van der Waals surface area contributed by atoms with Crippen LogP contribution >= 0.6 is 11.6 Å². The SMILES string of the molecule is Cc1cc(Nc2nc(Nc3cc(C)c([C@H]4CC[C@@H](NC5CC5)CC4)cc3C)ncc2Cl)n[nH]1. The van der Waals surface area contributed by atoms with Crippen molar-refractivity contribution < 1.29 is 0 Å². The fraction of sp³-hybridized carbons (Fsp3) is 0.480. The highest BCUT2D eigenvalue weighted by molar-refractivity contribution is 6.32. The van der Waals surface area contributed by atoms with Gasteiger partial charge in [0.15, 0.2) is 11.6 Å². The maximum Gasteiger partial charge on any atom is 0.229 e. The fourth-order valence-corrected chi connectivity index (χ4v) is 4.94. The van der Waals surface area contributed by atoms with Crippen LogP contribution in [0.5, 0.6) is 0 Å². The molecule has 2 heterocycles. The van der Waals surface area contributed by atoms with Gasteiger partial charge >= 0.3 is 0 Å². The second-order valence-electron chi connectivity index (χ2n) is 9.59. The predicted octanol–water partition coefficient (Wildman–Crippen LogP) is 6.04. The Kier molecular flexibility index (Phi) is 6.25. The zero-order valence-electron chi connectivity index (χ0n) is 19.5. The lowest BCUT2D eigenvalue weighted by Crippen LogP contribution is -2.34. The fourth-order valence-electron chi connectivity index (χ4n) is 4.81. The molecular weight excluding hydrogens is 434 g/mol. The van der Waals surface area contributed by atoms with Crippen LogP contribution in [-0.4, -0.2) is 32.2 Å². The number of aromatic nitrogens is 4. The third-order valence-electron chi connectivity index (χ3n) is 6.77. The summed E-state index contributed by atoms with van der Waals surface area (Å²) in [7, 11) is 0. The molecule has 2 fully saturated rings. The Labute approximate surface area is 200 Å². The minimum absolute atomic E-state index is 0.441. The van der Waals surface area contributed by atoms with Crippen molar-refractivity contribution in [1.29, 1.82) is 0 Å². The van der Waals surface area contributed by atoms with Crippen LogP contribution in [0.15, 0.2) is 24.4 Å². The average Bonchev–Trinajstić information content (AvgIpc) is 3.52. The van der Waals surface area contributed by atoms with Crippen LogP contribution in [-0.2, 0) is 0 Å². The lowest BCUT2D eigenvalue weighted by atomic mass is 9.79. The summed E-state index contributed by atoms with van der Waals surface area (Å²) in [4.78, 5) is 8.94. The number of nitrogens with one attached hydrogen (secondary N) is 4. The Bertz CT molecular complexity index is 1130. The monoisotopic (exact) mass is 465 g/mol. The summed E-state index contributed by atoms with van der Waals surface area (Å²) >= 11 is 6.30. The van der Waals surface area contributed by atoms with Gasteiger partial charge in [-0.05, 0) is 88.0 Å². The molecule has 2 aliphatic rings. The summed E-state index contributed by atoms with van der Waals surface area (Å²) < 4.78 is 0. The summed E-state index contributed by atoms with van der Waals surface area (Å²) in [6.07, 6.45) is 9.42. The highest BCUT2D eigenvalue weighted by Gasteiger charge is 2.29. The first-order valence-corrected chi connectivity index (χ1v) is 12.3. The summed E-state index contributed by atoms with van der Waals surface area (Å²) in [5.41, 5.74) is 5.98. The number of aryl methyl sites for hydroxylation is 3. The number of benzene rings is 1. The molecule has 2 saturated carbocycles. The second-order valence-corrected chi connectivity index (χ2v) is 10.00. The molecule has 0 saturated heterocycles. The lowest BCUT2D eigenvalue weighted by Gasteiger charge is -2.31. The van der Waals surface area contributed by atoms with Crippen molar-refractivity contribution in [2.45, 2.75) is 77.3 Å². The van der Waals surface area contributed by atoms with Gasteiger partial charge in [-0.15, -0.1) is 0 Å². The average molecular weight is 466 g/mol. The number of halogens is 1. The van der Waals surface area contributed by atoms with E-state index in [1.54, 1.807) is 6.20 Å². The van der Waals surface area contributed by atoms with Crippen LogP contribution in [0.25, 0.3) is 0 Å². The van der Waals surface area contributed by atoms with E-state index >= 15 is 0 Å². The van der Waals surface area contributed by atoms with Gasteiger partial charge in [-0.25, -0.2) is 4.98 Å². The van der Waals surface area contributed by atoms with E-state index in [9.17, 15) is 0 Å². The first kappa shape index (κ1) is 22.2. The minimum atomic E-state index is 0.441. The number of anilines is 4. The molecule has 8 heteroatoms. The maximum absolute atomic E-state index is 6.30. The lowest BCUT2D eigenvalue weighted by molar-refractivity contribution is 0.340. The van der Waals surface area contributed by atoms with Crippen molar-refractivity contribution in [3.63, 3.8) is 0 Å². The van der Waals surface area contributed by atoms with E-state index in [1.165, 1.54) is 55.2 Å². The summed E-state index contributed by atoms with van der Waals surface area (Å²) in [5.74, 6) is 2.33. The molecule has 2 aromatic heterocycles. The van der Waals surface area contributed by atoms with Gasteiger partial charge in [0.25, 0.3) is 0 Å². The number of H-pyrrole nitrogens is 1. The Hall–Kier alpha value is -2.64. The van der Waals surface area contributed by atoms with E-state index in [2.05, 4.69) is 62.1 Å². The van der Waals surface area contributed by atoms with Crippen molar-refractivity contribution in [3.8, 4) is 0 Å². The van der Waals surface area contributed by atoms with Crippen molar-refractivity contribution in [3.05, 3.63) is 51.8 Å². The van der Waals surface area contributed by atoms with Crippen LogP contribution < -0.4 is 16.0 Å². The number of hydrogen-bond donors (Lipinski definition) is 4. The van der Waals surface area contributed by atoms with Gasteiger partial charge in [0.2, 0.25) is 5.95 Å². The third-order valence-corrected chi connectivity index (χ3v) is 7.05. The van der Waals surface area contributed by atoms with Crippen molar-refractivity contribution >= 4 is 34.9 Å². The number of nitrogens with zero attached hydrogens (tertiary/aromatic N) is 3. The van der Waals surface area contributed by atoms with Gasteiger partial charge in [0.05, 0.1) is 6.20 Å². The summed E-state index contributed by atoms with van der Waals surface area (Å²) in [6, 6.07) is 7.98. The number of rotatable bonds is 7. The molecule has 0 bridgehead atoms. The number of hydrogen-bond acceptors (Lipinski definition) is 6. The highest BCUT2D eigenvalue weighted by Crippen LogP contribution is 2.38.